The molecule has 7 aromatic rings. The normalized spacial score (nSPS) is 11.1. The zero-order valence-electron chi connectivity index (χ0n) is 21.3. The maximum Gasteiger partial charge on any atom is 0.0701 e. The zero-order chi connectivity index (χ0) is 26.0. The molecule has 0 unspecified atom stereocenters. The highest BCUT2D eigenvalue weighted by molar-refractivity contribution is 6.15. The molecule has 0 fully saturated rings. The quantitative estimate of drug-likeness (QED) is 0.221. The van der Waals surface area contributed by atoms with Gasteiger partial charge in [-0.1, -0.05) is 84.9 Å². The lowest BCUT2D eigenvalue weighted by Crippen LogP contribution is -2.10. The first-order chi connectivity index (χ1) is 19.3. The van der Waals surface area contributed by atoms with Crippen molar-refractivity contribution >= 4 is 38.6 Å². The lowest BCUT2D eigenvalue weighted by molar-refractivity contribution is 1.28. The van der Waals surface area contributed by atoms with E-state index in [4.69, 9.17) is 0 Å². The van der Waals surface area contributed by atoms with Crippen molar-refractivity contribution in [2.45, 2.75) is 0 Å². The Bertz CT molecular complexity index is 1800. The molecule has 0 aliphatic rings. The summed E-state index contributed by atoms with van der Waals surface area (Å²) < 4.78 is 0. The van der Waals surface area contributed by atoms with E-state index in [-0.39, 0.29) is 0 Å². The summed E-state index contributed by atoms with van der Waals surface area (Å²) in [6.07, 6.45) is 3.67. The van der Waals surface area contributed by atoms with E-state index in [2.05, 4.69) is 118 Å². The van der Waals surface area contributed by atoms with Crippen LogP contribution in [0.2, 0.25) is 0 Å². The lowest BCUT2D eigenvalue weighted by atomic mass is 9.99. The first-order valence-corrected chi connectivity index (χ1v) is 13.1. The van der Waals surface area contributed by atoms with Gasteiger partial charge in [-0.3, -0.25) is 9.97 Å². The summed E-state index contributed by atoms with van der Waals surface area (Å²) in [4.78, 5) is 11.4. The first-order valence-electron chi connectivity index (χ1n) is 13.1. The van der Waals surface area contributed by atoms with Crippen LogP contribution in [0.25, 0.3) is 44.1 Å². The van der Waals surface area contributed by atoms with Crippen molar-refractivity contribution in [3.8, 4) is 22.5 Å². The van der Waals surface area contributed by atoms with Gasteiger partial charge < -0.3 is 4.90 Å². The van der Waals surface area contributed by atoms with Crippen molar-refractivity contribution in [1.82, 2.24) is 9.97 Å². The summed E-state index contributed by atoms with van der Waals surface area (Å²) >= 11 is 0. The second kappa shape index (κ2) is 9.88. The topological polar surface area (TPSA) is 29.0 Å². The van der Waals surface area contributed by atoms with E-state index in [1.807, 2.05) is 48.8 Å². The monoisotopic (exact) mass is 499 g/mol. The molecule has 0 radical (unpaired) electrons. The molecule has 39 heavy (non-hydrogen) atoms. The molecule has 0 amide bonds. The van der Waals surface area contributed by atoms with Crippen LogP contribution >= 0.6 is 0 Å². The van der Waals surface area contributed by atoms with Gasteiger partial charge in [0.05, 0.1) is 17.1 Å². The largest absolute Gasteiger partial charge is 0.310 e. The molecule has 3 nitrogen and oxygen atoms in total. The average Bonchev–Trinajstić information content (AvgIpc) is 3.03. The van der Waals surface area contributed by atoms with Crippen LogP contribution in [-0.2, 0) is 0 Å². The van der Waals surface area contributed by atoms with E-state index in [9.17, 15) is 0 Å². The summed E-state index contributed by atoms with van der Waals surface area (Å²) in [6, 6.07) is 48.9. The predicted molar refractivity (Wildman–Crippen MR) is 163 cm³/mol. The van der Waals surface area contributed by atoms with Crippen LogP contribution in [0.1, 0.15) is 0 Å². The summed E-state index contributed by atoms with van der Waals surface area (Å²) in [5, 5.41) is 4.92. The van der Waals surface area contributed by atoms with E-state index in [1.54, 1.807) is 0 Å². The fraction of sp³-hybridized carbons (Fsp3) is 0. The Balaban J connectivity index is 1.42. The van der Waals surface area contributed by atoms with Crippen LogP contribution < -0.4 is 4.90 Å². The SMILES string of the molecule is c1ccc(-c2ccc(N(c3ccc(-c4ccccn4)cc3)c3cccc4ccc5ccccc5c34)cc2)nc1. The van der Waals surface area contributed by atoms with Crippen LogP contribution in [0.3, 0.4) is 0 Å². The maximum absolute atomic E-state index is 4.53. The number of pyridine rings is 2. The Hall–Kier alpha value is -5.28. The lowest BCUT2D eigenvalue weighted by Gasteiger charge is -2.27. The molecule has 2 aromatic heterocycles. The molecule has 0 saturated carbocycles. The van der Waals surface area contributed by atoms with E-state index in [1.165, 1.54) is 21.5 Å². The number of aromatic nitrogens is 2. The molecule has 3 heteroatoms. The Morgan fingerprint density at radius 2 is 0.949 bits per heavy atom. The molecule has 2 heterocycles. The van der Waals surface area contributed by atoms with E-state index < -0.39 is 0 Å². The van der Waals surface area contributed by atoms with Crippen molar-refractivity contribution in [2.75, 3.05) is 4.90 Å². The van der Waals surface area contributed by atoms with Crippen LogP contribution in [-0.4, -0.2) is 9.97 Å². The van der Waals surface area contributed by atoms with Gasteiger partial charge in [-0.15, -0.1) is 0 Å². The van der Waals surface area contributed by atoms with Crippen LogP contribution in [0.4, 0.5) is 17.1 Å². The standard InChI is InChI=1S/C36H25N3/c1-2-10-32-26(8-1)14-15-29-9-7-13-35(36(29)32)39(30-20-16-27(17-21-30)33-11-3-5-24-37-33)31-22-18-28(19-23-31)34-12-4-6-25-38-34/h1-25H. The van der Waals surface area contributed by atoms with Gasteiger partial charge in [-0.25, -0.2) is 0 Å². The van der Waals surface area contributed by atoms with Crippen molar-refractivity contribution in [3.63, 3.8) is 0 Å². The molecule has 0 N–H and O–H groups in total. The predicted octanol–water partition coefficient (Wildman–Crippen LogP) is 9.59. The second-order valence-corrected chi connectivity index (χ2v) is 9.52. The molecular weight excluding hydrogens is 474 g/mol. The molecule has 0 aliphatic carbocycles. The van der Waals surface area contributed by atoms with E-state index >= 15 is 0 Å². The molecule has 0 spiro atoms. The van der Waals surface area contributed by atoms with Crippen molar-refractivity contribution < 1.29 is 0 Å². The molecule has 0 atom stereocenters. The number of rotatable bonds is 5. The fourth-order valence-corrected chi connectivity index (χ4v) is 5.28. The Morgan fingerprint density at radius 3 is 1.54 bits per heavy atom. The van der Waals surface area contributed by atoms with Gasteiger partial charge in [-0.2, -0.15) is 0 Å². The van der Waals surface area contributed by atoms with E-state index in [0.29, 0.717) is 0 Å². The minimum atomic E-state index is 0.964. The highest BCUT2D eigenvalue weighted by Gasteiger charge is 2.17. The van der Waals surface area contributed by atoms with Gasteiger partial charge in [0.1, 0.15) is 0 Å². The van der Waals surface area contributed by atoms with Crippen LogP contribution in [0.5, 0.6) is 0 Å². The summed E-state index contributed by atoms with van der Waals surface area (Å²) in [5.41, 5.74) is 7.42. The second-order valence-electron chi connectivity index (χ2n) is 9.52. The summed E-state index contributed by atoms with van der Waals surface area (Å²) in [7, 11) is 0. The first kappa shape index (κ1) is 22.9. The van der Waals surface area contributed by atoms with Gasteiger partial charge >= 0.3 is 0 Å². The van der Waals surface area contributed by atoms with Crippen molar-refractivity contribution in [1.29, 1.82) is 0 Å². The highest BCUT2D eigenvalue weighted by Crippen LogP contribution is 2.42. The molecule has 0 bridgehead atoms. The Kier molecular flexibility index (Phi) is 5.80. The molecule has 5 aromatic carbocycles. The van der Waals surface area contributed by atoms with Gasteiger partial charge in [0.25, 0.3) is 0 Å². The fourth-order valence-electron chi connectivity index (χ4n) is 5.28. The molecular formula is C36H25N3. The van der Waals surface area contributed by atoms with E-state index in [0.717, 1.165) is 39.6 Å². The van der Waals surface area contributed by atoms with Crippen molar-refractivity contribution in [2.24, 2.45) is 0 Å². The minimum Gasteiger partial charge on any atom is -0.310 e. The Morgan fingerprint density at radius 1 is 0.410 bits per heavy atom. The van der Waals surface area contributed by atoms with Crippen LogP contribution in [0.15, 0.2) is 152 Å². The van der Waals surface area contributed by atoms with Gasteiger partial charge in [-0.05, 0) is 70.8 Å². The smallest absolute Gasteiger partial charge is 0.0701 e. The molecule has 184 valence electrons. The third-order valence-electron chi connectivity index (χ3n) is 7.16. The number of hydrogen-bond acceptors (Lipinski definition) is 3. The average molecular weight is 500 g/mol. The molecule has 7 rings (SSSR count). The zero-order valence-corrected chi connectivity index (χ0v) is 21.3. The Labute approximate surface area is 227 Å². The summed E-state index contributed by atoms with van der Waals surface area (Å²) in [6.45, 7) is 0. The van der Waals surface area contributed by atoms with Gasteiger partial charge in [0.2, 0.25) is 0 Å². The highest BCUT2D eigenvalue weighted by atomic mass is 15.1. The maximum atomic E-state index is 4.53. The van der Waals surface area contributed by atoms with Gasteiger partial charge in [0.15, 0.2) is 0 Å². The van der Waals surface area contributed by atoms with Gasteiger partial charge in [0, 0.05) is 40.3 Å². The number of hydrogen-bond donors (Lipinski definition) is 0. The third-order valence-corrected chi connectivity index (χ3v) is 7.16. The molecule has 0 aliphatic heterocycles. The number of anilines is 3. The third kappa shape index (κ3) is 4.30. The van der Waals surface area contributed by atoms with Crippen molar-refractivity contribution in [3.05, 3.63) is 152 Å². The minimum absolute atomic E-state index is 0.964. The summed E-state index contributed by atoms with van der Waals surface area (Å²) in [5.74, 6) is 0. The molecule has 0 saturated heterocycles. The number of benzene rings is 5. The van der Waals surface area contributed by atoms with Crippen LogP contribution in [0, 0.1) is 0 Å². The number of fused-ring (bicyclic) bond motifs is 3. The number of nitrogens with zero attached hydrogens (tertiary/aromatic N) is 3.